The zero-order valence-corrected chi connectivity index (χ0v) is 16.2. The molecule has 0 atom stereocenters. The van der Waals surface area contributed by atoms with Crippen LogP contribution < -0.4 is 5.73 Å². The maximum Gasteiger partial charge on any atom is 0.0391 e. The maximum atomic E-state index is 6.73. The van der Waals surface area contributed by atoms with Crippen LogP contribution in [0.5, 0.6) is 0 Å². The summed E-state index contributed by atoms with van der Waals surface area (Å²) in [6, 6.07) is 26.0. The summed E-state index contributed by atoms with van der Waals surface area (Å²) in [7, 11) is 0. The van der Waals surface area contributed by atoms with Crippen molar-refractivity contribution in [1.29, 1.82) is 0 Å². The van der Waals surface area contributed by atoms with Crippen LogP contribution in [0.1, 0.15) is 73.3 Å². The molecule has 0 unspecified atom stereocenters. The molecule has 0 bridgehead atoms. The zero-order valence-electron chi connectivity index (χ0n) is 16.2. The normalized spacial score (nSPS) is 11.5. The summed E-state index contributed by atoms with van der Waals surface area (Å²) in [5, 5.41) is 0. The SMILES string of the molecule is CC(C)c1cc(C(C)C)c(N)c(C(c2ccccc2)c2ccccc2)c1. The Morgan fingerprint density at radius 2 is 1.04 bits per heavy atom. The van der Waals surface area contributed by atoms with E-state index in [9.17, 15) is 0 Å². The first-order valence-electron chi connectivity index (χ1n) is 9.52. The van der Waals surface area contributed by atoms with Crippen LogP contribution in [0.25, 0.3) is 0 Å². The van der Waals surface area contributed by atoms with Gasteiger partial charge in [-0.05, 0) is 39.7 Å². The van der Waals surface area contributed by atoms with Gasteiger partial charge in [0.15, 0.2) is 0 Å². The molecule has 0 aromatic heterocycles. The third-order valence-corrected chi connectivity index (χ3v) is 5.13. The standard InChI is InChI=1S/C25H29N/c1-17(2)21-15-22(18(3)4)25(26)23(16-21)24(19-11-7-5-8-12-19)20-13-9-6-10-14-20/h5-18,24H,26H2,1-4H3. The van der Waals surface area contributed by atoms with Crippen molar-refractivity contribution in [3.05, 3.63) is 101 Å². The fourth-order valence-corrected chi connectivity index (χ4v) is 3.62. The lowest BCUT2D eigenvalue weighted by atomic mass is 9.80. The smallest absolute Gasteiger partial charge is 0.0391 e. The van der Waals surface area contributed by atoms with E-state index in [0.717, 1.165) is 5.69 Å². The van der Waals surface area contributed by atoms with Crippen LogP contribution >= 0.6 is 0 Å². The first-order chi connectivity index (χ1) is 12.5. The van der Waals surface area contributed by atoms with Crippen molar-refractivity contribution in [1.82, 2.24) is 0 Å². The molecule has 0 heterocycles. The van der Waals surface area contributed by atoms with E-state index in [-0.39, 0.29) is 5.92 Å². The zero-order chi connectivity index (χ0) is 18.7. The highest BCUT2D eigenvalue weighted by molar-refractivity contribution is 5.63. The van der Waals surface area contributed by atoms with Crippen molar-refractivity contribution in [3.8, 4) is 0 Å². The fraction of sp³-hybridized carbons (Fsp3) is 0.280. The Morgan fingerprint density at radius 3 is 1.46 bits per heavy atom. The van der Waals surface area contributed by atoms with Crippen molar-refractivity contribution in [2.75, 3.05) is 5.73 Å². The van der Waals surface area contributed by atoms with Gasteiger partial charge in [0.2, 0.25) is 0 Å². The highest BCUT2D eigenvalue weighted by Gasteiger charge is 2.22. The van der Waals surface area contributed by atoms with E-state index in [1.807, 2.05) is 0 Å². The molecule has 1 heteroatoms. The number of hydrogen-bond donors (Lipinski definition) is 1. The van der Waals surface area contributed by atoms with E-state index in [1.165, 1.54) is 27.8 Å². The first kappa shape index (κ1) is 18.3. The van der Waals surface area contributed by atoms with E-state index in [1.54, 1.807) is 0 Å². The highest BCUT2D eigenvalue weighted by atomic mass is 14.6. The van der Waals surface area contributed by atoms with E-state index in [0.29, 0.717) is 11.8 Å². The summed E-state index contributed by atoms with van der Waals surface area (Å²) < 4.78 is 0. The number of nitrogen functional groups attached to an aromatic ring is 1. The molecular formula is C25H29N. The second-order valence-electron chi connectivity index (χ2n) is 7.68. The van der Waals surface area contributed by atoms with Crippen molar-refractivity contribution < 1.29 is 0 Å². The van der Waals surface area contributed by atoms with Crippen molar-refractivity contribution >= 4 is 5.69 Å². The molecule has 3 aromatic rings. The number of hydrogen-bond acceptors (Lipinski definition) is 1. The van der Waals surface area contributed by atoms with Crippen LogP contribution in [0.15, 0.2) is 72.8 Å². The molecule has 3 rings (SSSR count). The van der Waals surface area contributed by atoms with Crippen LogP contribution in [0.3, 0.4) is 0 Å². The van der Waals surface area contributed by atoms with E-state index >= 15 is 0 Å². The van der Waals surface area contributed by atoms with Gasteiger partial charge in [0.25, 0.3) is 0 Å². The molecule has 0 spiro atoms. The number of benzene rings is 3. The van der Waals surface area contributed by atoms with E-state index in [4.69, 9.17) is 5.73 Å². The molecule has 26 heavy (non-hydrogen) atoms. The highest BCUT2D eigenvalue weighted by Crippen LogP contribution is 2.40. The second kappa shape index (κ2) is 7.78. The Morgan fingerprint density at radius 1 is 0.577 bits per heavy atom. The minimum absolute atomic E-state index is 0.147. The van der Waals surface area contributed by atoms with Gasteiger partial charge in [-0.3, -0.25) is 0 Å². The lowest BCUT2D eigenvalue weighted by molar-refractivity contribution is 0.825. The van der Waals surface area contributed by atoms with Crippen LogP contribution in [0.4, 0.5) is 5.69 Å². The molecule has 2 N–H and O–H groups in total. The molecule has 0 saturated heterocycles. The molecule has 0 aliphatic heterocycles. The molecule has 0 aliphatic carbocycles. The van der Waals surface area contributed by atoms with E-state index < -0.39 is 0 Å². The molecule has 0 amide bonds. The fourth-order valence-electron chi connectivity index (χ4n) is 3.62. The average Bonchev–Trinajstić information content (AvgIpc) is 2.64. The van der Waals surface area contributed by atoms with Gasteiger partial charge < -0.3 is 5.73 Å². The van der Waals surface area contributed by atoms with Gasteiger partial charge in [0.05, 0.1) is 0 Å². The predicted octanol–water partition coefficient (Wildman–Crippen LogP) is 6.70. The van der Waals surface area contributed by atoms with Crippen molar-refractivity contribution in [2.24, 2.45) is 0 Å². The topological polar surface area (TPSA) is 26.0 Å². The Balaban J connectivity index is 2.28. The summed E-state index contributed by atoms with van der Waals surface area (Å²) >= 11 is 0. The number of nitrogens with two attached hydrogens (primary N) is 1. The second-order valence-corrected chi connectivity index (χ2v) is 7.68. The molecule has 0 fully saturated rings. The minimum atomic E-state index is 0.147. The third kappa shape index (κ3) is 3.67. The molecule has 3 aromatic carbocycles. The lowest BCUT2D eigenvalue weighted by Gasteiger charge is -2.25. The van der Waals surface area contributed by atoms with Gasteiger partial charge in [-0.15, -0.1) is 0 Å². The van der Waals surface area contributed by atoms with Gasteiger partial charge in [-0.1, -0.05) is 100 Å². The Labute approximate surface area is 157 Å². The van der Waals surface area contributed by atoms with Gasteiger partial charge in [0.1, 0.15) is 0 Å². The minimum Gasteiger partial charge on any atom is -0.398 e. The Kier molecular flexibility index (Phi) is 5.46. The quantitative estimate of drug-likeness (QED) is 0.405. The van der Waals surface area contributed by atoms with Gasteiger partial charge >= 0.3 is 0 Å². The van der Waals surface area contributed by atoms with Crippen LogP contribution in [0.2, 0.25) is 0 Å². The van der Waals surface area contributed by atoms with Gasteiger partial charge in [-0.2, -0.15) is 0 Å². The molecular weight excluding hydrogens is 314 g/mol. The first-order valence-corrected chi connectivity index (χ1v) is 9.52. The largest absolute Gasteiger partial charge is 0.398 e. The predicted molar refractivity (Wildman–Crippen MR) is 113 cm³/mol. The molecule has 0 aliphatic rings. The van der Waals surface area contributed by atoms with Crippen molar-refractivity contribution in [2.45, 2.75) is 45.4 Å². The summed E-state index contributed by atoms with van der Waals surface area (Å²) in [6.45, 7) is 8.94. The third-order valence-electron chi connectivity index (χ3n) is 5.13. The average molecular weight is 344 g/mol. The van der Waals surface area contributed by atoms with E-state index in [2.05, 4.69) is 100 Å². The molecule has 0 saturated carbocycles. The van der Waals surface area contributed by atoms with Crippen LogP contribution in [-0.4, -0.2) is 0 Å². The lowest BCUT2D eigenvalue weighted by Crippen LogP contribution is -2.11. The summed E-state index contributed by atoms with van der Waals surface area (Å²) in [4.78, 5) is 0. The Bertz CT molecular complexity index is 809. The summed E-state index contributed by atoms with van der Waals surface area (Å²) in [6.07, 6.45) is 0. The molecule has 134 valence electrons. The van der Waals surface area contributed by atoms with Gasteiger partial charge in [-0.25, -0.2) is 0 Å². The molecule has 0 radical (unpaired) electrons. The maximum absolute atomic E-state index is 6.73. The van der Waals surface area contributed by atoms with Crippen LogP contribution in [-0.2, 0) is 0 Å². The molecule has 1 nitrogen and oxygen atoms in total. The number of anilines is 1. The van der Waals surface area contributed by atoms with Crippen molar-refractivity contribution in [3.63, 3.8) is 0 Å². The van der Waals surface area contributed by atoms with Gasteiger partial charge in [0, 0.05) is 11.6 Å². The summed E-state index contributed by atoms with van der Waals surface area (Å²) in [5.74, 6) is 1.02. The monoisotopic (exact) mass is 343 g/mol. The van der Waals surface area contributed by atoms with Crippen LogP contribution in [0, 0.1) is 0 Å². The summed E-state index contributed by atoms with van der Waals surface area (Å²) in [5.41, 5.74) is 14.0. The Hall–Kier alpha value is -2.54. The number of rotatable bonds is 5.